The number of aryl methyl sites for hydroxylation is 2. The Bertz CT molecular complexity index is 2300. The van der Waals surface area contributed by atoms with Crippen LogP contribution >= 0.6 is 34.5 Å². The van der Waals surface area contributed by atoms with E-state index in [1.165, 1.54) is 0 Å². The van der Waals surface area contributed by atoms with Gasteiger partial charge in [-0.3, -0.25) is 0 Å². The maximum atomic E-state index is 8.65. The lowest BCUT2D eigenvalue weighted by molar-refractivity contribution is 0.575. The van der Waals surface area contributed by atoms with Crippen molar-refractivity contribution < 1.29 is 11.3 Å². The zero-order chi connectivity index (χ0) is 32.4. The van der Waals surface area contributed by atoms with Crippen LogP contribution in [0.15, 0.2) is 119 Å². The van der Waals surface area contributed by atoms with Gasteiger partial charge in [-0.05, 0) is 72.0 Å². The predicted molar refractivity (Wildman–Crippen MR) is 177 cm³/mol. The first kappa shape index (κ1) is 20.8. The average Bonchev–Trinajstić information content (AvgIpc) is 3.61. The molecule has 0 saturated heterocycles. The normalized spacial score (nSPS) is 13.1. The number of anilines is 3. The fraction of sp³-hybridized carbons (Fsp3) is 0.0556. The highest BCUT2D eigenvalue weighted by atomic mass is 35.5. The summed E-state index contributed by atoms with van der Waals surface area (Å²) in [6.07, 6.45) is 0. The SMILES string of the molecule is [2H]c1c([2H])c([2H])c(-c2cc(Cl)c(Cl)c(N(c3csc4ccc(-c5ccccc5)cc34)c3cccc4c(C)c(C)oc34)c2)c([2H])c1[2H]. The lowest BCUT2D eigenvalue weighted by atomic mass is 10.0. The van der Waals surface area contributed by atoms with Gasteiger partial charge in [-0.2, -0.15) is 0 Å². The van der Waals surface area contributed by atoms with Crippen molar-refractivity contribution >= 4 is 72.7 Å². The zero-order valence-corrected chi connectivity index (χ0v) is 24.4. The van der Waals surface area contributed by atoms with E-state index < -0.39 is 18.1 Å². The van der Waals surface area contributed by atoms with Gasteiger partial charge in [0.2, 0.25) is 0 Å². The van der Waals surface area contributed by atoms with Crippen molar-refractivity contribution in [2.45, 2.75) is 13.8 Å². The van der Waals surface area contributed by atoms with Gasteiger partial charge in [-0.1, -0.05) is 102 Å². The number of fused-ring (bicyclic) bond motifs is 2. The molecule has 0 fully saturated rings. The van der Waals surface area contributed by atoms with Crippen LogP contribution in [0.1, 0.15) is 18.2 Å². The molecule has 41 heavy (non-hydrogen) atoms. The minimum atomic E-state index is -0.463. The molecular formula is C36H25Cl2NOS. The summed E-state index contributed by atoms with van der Waals surface area (Å²) in [5.74, 6) is 0.793. The number of rotatable bonds is 5. The van der Waals surface area contributed by atoms with Gasteiger partial charge in [-0.25, -0.2) is 0 Å². The molecule has 2 aromatic heterocycles. The Kier molecular flexibility index (Phi) is 5.29. The predicted octanol–water partition coefficient (Wildman–Crippen LogP) is 12.4. The molecule has 0 radical (unpaired) electrons. The minimum absolute atomic E-state index is 0.0372. The second-order valence-corrected chi connectivity index (χ2v) is 11.5. The van der Waals surface area contributed by atoms with Crippen molar-refractivity contribution in [3.05, 3.63) is 136 Å². The first-order chi connectivity index (χ1) is 22.1. The largest absolute Gasteiger partial charge is 0.459 e. The topological polar surface area (TPSA) is 16.4 Å². The van der Waals surface area contributed by atoms with E-state index in [9.17, 15) is 0 Å². The quantitative estimate of drug-likeness (QED) is 0.197. The van der Waals surface area contributed by atoms with E-state index in [2.05, 4.69) is 35.7 Å². The first-order valence-corrected chi connectivity index (χ1v) is 14.6. The molecule has 0 bridgehead atoms. The molecule has 7 rings (SSSR count). The second-order valence-electron chi connectivity index (χ2n) is 9.76. The van der Waals surface area contributed by atoms with Crippen molar-refractivity contribution in [1.82, 2.24) is 0 Å². The number of thiophene rings is 1. The van der Waals surface area contributed by atoms with Crippen LogP contribution in [0.25, 0.3) is 43.3 Å². The van der Waals surface area contributed by atoms with Crippen LogP contribution in [0.2, 0.25) is 10.0 Å². The summed E-state index contributed by atoms with van der Waals surface area (Å²) in [5, 5.41) is 4.41. The molecule has 0 saturated carbocycles. The lowest BCUT2D eigenvalue weighted by Gasteiger charge is -2.27. The van der Waals surface area contributed by atoms with Crippen molar-refractivity contribution in [2.24, 2.45) is 0 Å². The van der Waals surface area contributed by atoms with Gasteiger partial charge in [0.25, 0.3) is 0 Å². The molecule has 0 aliphatic heterocycles. The van der Waals surface area contributed by atoms with Gasteiger partial charge < -0.3 is 9.32 Å². The van der Waals surface area contributed by atoms with Gasteiger partial charge in [-0.15, -0.1) is 11.3 Å². The summed E-state index contributed by atoms with van der Waals surface area (Å²) in [7, 11) is 0. The standard InChI is InChI=1S/C36H25Cl2NOS/c1-22-23(2)40-36-28(22)14-9-15-31(36)39(32-20-27(19-30(37)35(32)38)25-12-7-4-8-13-25)33-21-41-34-17-16-26(18-29(33)34)24-10-5-3-6-11-24/h3-21H,1-2H3/i4D,7D,8D,12D,13D. The van der Waals surface area contributed by atoms with E-state index in [1.54, 1.807) is 23.5 Å². The van der Waals surface area contributed by atoms with Crippen LogP contribution < -0.4 is 4.90 Å². The third-order valence-corrected chi connectivity index (χ3v) is 9.11. The van der Waals surface area contributed by atoms with Crippen molar-refractivity contribution in [1.29, 1.82) is 0 Å². The van der Waals surface area contributed by atoms with E-state index in [1.807, 2.05) is 55.1 Å². The molecule has 7 aromatic rings. The average molecular weight is 596 g/mol. The maximum absolute atomic E-state index is 8.65. The van der Waals surface area contributed by atoms with Crippen molar-refractivity contribution in [3.8, 4) is 22.3 Å². The number of nitrogens with zero attached hydrogens (tertiary/aromatic N) is 1. The van der Waals surface area contributed by atoms with Crippen LogP contribution in [-0.2, 0) is 0 Å². The molecule has 0 atom stereocenters. The van der Waals surface area contributed by atoms with E-state index in [4.69, 9.17) is 34.5 Å². The maximum Gasteiger partial charge on any atom is 0.158 e. The summed E-state index contributed by atoms with van der Waals surface area (Å²) in [6.45, 7) is 3.95. The molecule has 5 aromatic carbocycles. The Morgan fingerprint density at radius 2 is 1.51 bits per heavy atom. The Balaban J connectivity index is 1.56. The highest BCUT2D eigenvalue weighted by molar-refractivity contribution is 7.17. The lowest BCUT2D eigenvalue weighted by Crippen LogP contribution is -2.11. The summed E-state index contributed by atoms with van der Waals surface area (Å²) >= 11 is 15.5. The molecular weight excluding hydrogens is 565 g/mol. The third-order valence-electron chi connectivity index (χ3n) is 7.36. The highest BCUT2D eigenvalue weighted by Crippen LogP contribution is 2.50. The Morgan fingerprint density at radius 3 is 2.32 bits per heavy atom. The Hall–Kier alpha value is -4.02. The van der Waals surface area contributed by atoms with Crippen LogP contribution in [0.3, 0.4) is 0 Å². The van der Waals surface area contributed by atoms with E-state index in [0.29, 0.717) is 16.8 Å². The number of halogens is 2. The Morgan fingerprint density at radius 1 is 0.707 bits per heavy atom. The number of para-hydroxylation sites is 1. The summed E-state index contributed by atoms with van der Waals surface area (Å²) in [6, 6.07) is 23.7. The fourth-order valence-electron chi connectivity index (χ4n) is 5.19. The molecule has 0 aliphatic rings. The highest BCUT2D eigenvalue weighted by Gasteiger charge is 2.25. The minimum Gasteiger partial charge on any atom is -0.459 e. The number of benzene rings is 5. The van der Waals surface area contributed by atoms with Crippen LogP contribution in [0.4, 0.5) is 17.1 Å². The van der Waals surface area contributed by atoms with Gasteiger partial charge in [0, 0.05) is 20.9 Å². The Labute approximate surface area is 260 Å². The summed E-state index contributed by atoms with van der Waals surface area (Å²) in [5.41, 5.74) is 6.21. The molecule has 2 nitrogen and oxygen atoms in total. The van der Waals surface area contributed by atoms with Crippen LogP contribution in [-0.4, -0.2) is 0 Å². The summed E-state index contributed by atoms with van der Waals surface area (Å²) in [4.78, 5) is 1.99. The molecule has 0 spiro atoms. The number of hydrogen-bond acceptors (Lipinski definition) is 3. The molecule has 2 heterocycles. The van der Waals surface area contributed by atoms with E-state index >= 15 is 0 Å². The van der Waals surface area contributed by atoms with Crippen molar-refractivity contribution in [2.75, 3.05) is 4.90 Å². The molecule has 0 aliphatic carbocycles. The van der Waals surface area contributed by atoms with Gasteiger partial charge in [0.15, 0.2) is 5.58 Å². The molecule has 0 unspecified atom stereocenters. The monoisotopic (exact) mass is 594 g/mol. The van der Waals surface area contributed by atoms with Gasteiger partial charge in [0.05, 0.1) is 34.0 Å². The van der Waals surface area contributed by atoms with Crippen LogP contribution in [0.5, 0.6) is 0 Å². The molecule has 0 amide bonds. The summed E-state index contributed by atoms with van der Waals surface area (Å²) < 4.78 is 49.3. The van der Waals surface area contributed by atoms with Gasteiger partial charge in [0.1, 0.15) is 5.76 Å². The number of furan rings is 1. The fourth-order valence-corrected chi connectivity index (χ4v) is 6.50. The molecule has 0 N–H and O–H groups in total. The molecule has 5 heteroatoms. The van der Waals surface area contributed by atoms with E-state index in [-0.39, 0.29) is 27.7 Å². The smallest absolute Gasteiger partial charge is 0.158 e. The first-order valence-electron chi connectivity index (χ1n) is 15.5. The number of hydrogen-bond donors (Lipinski definition) is 0. The zero-order valence-electron chi connectivity index (χ0n) is 27.1. The van der Waals surface area contributed by atoms with Crippen molar-refractivity contribution in [3.63, 3.8) is 0 Å². The van der Waals surface area contributed by atoms with E-state index in [0.717, 1.165) is 49.3 Å². The van der Waals surface area contributed by atoms with Gasteiger partial charge >= 0.3 is 0 Å². The van der Waals surface area contributed by atoms with Crippen LogP contribution in [0, 0.1) is 13.8 Å². The third kappa shape index (κ3) is 4.51. The molecule has 200 valence electrons. The second kappa shape index (κ2) is 10.4.